The molecule has 0 aliphatic carbocycles. The van der Waals surface area contributed by atoms with Crippen molar-refractivity contribution in [3.8, 4) is 28.5 Å². The number of rotatable bonds is 9. The highest BCUT2D eigenvalue weighted by molar-refractivity contribution is 5.99. The second-order valence-electron chi connectivity index (χ2n) is 6.80. The van der Waals surface area contributed by atoms with E-state index in [2.05, 4.69) is 26.8 Å². The minimum Gasteiger partial charge on any atom is -0.491 e. The number of hydrogen-bond donors (Lipinski definition) is 2. The third kappa shape index (κ3) is 4.93. The van der Waals surface area contributed by atoms with Crippen molar-refractivity contribution in [3.05, 3.63) is 73.6 Å². The molecule has 2 heterocycles. The van der Waals surface area contributed by atoms with Crippen LogP contribution in [0.2, 0.25) is 0 Å². The lowest BCUT2D eigenvalue weighted by atomic mass is 10.1. The Kier molecular flexibility index (Phi) is 6.43. The fourth-order valence-corrected chi connectivity index (χ4v) is 3.09. The average Bonchev–Trinajstić information content (AvgIpc) is 3.23. The zero-order valence-corrected chi connectivity index (χ0v) is 17.5. The second-order valence-corrected chi connectivity index (χ2v) is 6.80. The molecule has 0 saturated carbocycles. The minimum absolute atomic E-state index is 0.297. The summed E-state index contributed by atoms with van der Waals surface area (Å²) in [6, 6.07) is 14.7. The molecule has 0 saturated heterocycles. The van der Waals surface area contributed by atoms with E-state index in [0.29, 0.717) is 41.7 Å². The standard InChI is InChI=1S/C24H22N4O4/c1-3-21(29)27-17-7-5-9-19(13-17)32-22-15-26-24-23(28-22)20(14-25-24)16-6-4-8-18(12-16)31-11-10-30-2/h3-9,12-15H,1,10-11H2,2H3,(H,25,26)(H,27,29). The summed E-state index contributed by atoms with van der Waals surface area (Å²) in [7, 11) is 1.64. The number of ether oxygens (including phenoxy) is 3. The summed E-state index contributed by atoms with van der Waals surface area (Å²) < 4.78 is 16.6. The Balaban J connectivity index is 1.59. The molecule has 0 aliphatic heterocycles. The van der Waals surface area contributed by atoms with Crippen LogP contribution in [0.1, 0.15) is 0 Å². The molecular weight excluding hydrogens is 408 g/mol. The van der Waals surface area contributed by atoms with Crippen molar-refractivity contribution in [3.63, 3.8) is 0 Å². The van der Waals surface area contributed by atoms with Gasteiger partial charge in [-0.1, -0.05) is 24.8 Å². The van der Waals surface area contributed by atoms with Crippen molar-refractivity contribution < 1.29 is 19.0 Å². The summed E-state index contributed by atoms with van der Waals surface area (Å²) in [5.41, 5.74) is 3.72. The zero-order valence-electron chi connectivity index (χ0n) is 17.5. The van der Waals surface area contributed by atoms with E-state index in [-0.39, 0.29) is 5.91 Å². The number of carbonyl (C=O) groups excluding carboxylic acids is 1. The fourth-order valence-electron chi connectivity index (χ4n) is 3.09. The van der Waals surface area contributed by atoms with Gasteiger partial charge in [0.15, 0.2) is 5.65 Å². The Morgan fingerprint density at radius 1 is 1.16 bits per heavy atom. The molecule has 0 unspecified atom stereocenters. The largest absolute Gasteiger partial charge is 0.491 e. The van der Waals surface area contributed by atoms with E-state index >= 15 is 0 Å². The Morgan fingerprint density at radius 3 is 2.84 bits per heavy atom. The molecule has 1 amide bonds. The average molecular weight is 430 g/mol. The number of methoxy groups -OCH3 is 1. The van der Waals surface area contributed by atoms with E-state index in [0.717, 1.165) is 16.9 Å². The molecule has 8 heteroatoms. The van der Waals surface area contributed by atoms with Crippen LogP contribution in [0, 0.1) is 0 Å². The van der Waals surface area contributed by atoms with Gasteiger partial charge in [-0.2, -0.15) is 0 Å². The minimum atomic E-state index is -0.297. The number of amides is 1. The molecule has 8 nitrogen and oxygen atoms in total. The molecule has 0 spiro atoms. The van der Waals surface area contributed by atoms with E-state index in [9.17, 15) is 4.79 Å². The van der Waals surface area contributed by atoms with Crippen LogP contribution >= 0.6 is 0 Å². The second kappa shape index (κ2) is 9.76. The van der Waals surface area contributed by atoms with Crippen LogP contribution in [0.3, 0.4) is 0 Å². The maximum atomic E-state index is 11.5. The monoisotopic (exact) mass is 430 g/mol. The number of aromatic amines is 1. The quantitative estimate of drug-likeness (QED) is 0.298. The van der Waals surface area contributed by atoms with E-state index in [1.54, 1.807) is 37.6 Å². The lowest BCUT2D eigenvalue weighted by Crippen LogP contribution is -2.07. The Morgan fingerprint density at radius 2 is 2.00 bits per heavy atom. The zero-order chi connectivity index (χ0) is 22.3. The number of aromatic nitrogens is 3. The summed E-state index contributed by atoms with van der Waals surface area (Å²) in [5, 5.41) is 2.70. The topological polar surface area (TPSA) is 98.4 Å². The Labute approximate surface area is 184 Å². The molecular formula is C24H22N4O4. The number of carbonyl (C=O) groups is 1. The highest BCUT2D eigenvalue weighted by Gasteiger charge is 2.12. The Hall–Kier alpha value is -4.17. The molecule has 0 aliphatic rings. The van der Waals surface area contributed by atoms with Gasteiger partial charge in [0.05, 0.1) is 12.8 Å². The summed E-state index contributed by atoms with van der Waals surface area (Å²) in [6.45, 7) is 4.44. The van der Waals surface area contributed by atoms with Crippen molar-refractivity contribution in [2.45, 2.75) is 0 Å². The van der Waals surface area contributed by atoms with Crippen LogP contribution < -0.4 is 14.8 Å². The van der Waals surface area contributed by atoms with Crippen LogP contribution in [-0.2, 0) is 9.53 Å². The van der Waals surface area contributed by atoms with Crippen LogP contribution in [0.25, 0.3) is 22.3 Å². The molecule has 162 valence electrons. The van der Waals surface area contributed by atoms with Crippen molar-refractivity contribution in [2.24, 2.45) is 0 Å². The van der Waals surface area contributed by atoms with Crippen molar-refractivity contribution in [1.82, 2.24) is 15.0 Å². The maximum absolute atomic E-state index is 11.5. The van der Waals surface area contributed by atoms with Gasteiger partial charge in [0.1, 0.15) is 23.6 Å². The van der Waals surface area contributed by atoms with Gasteiger partial charge in [-0.3, -0.25) is 4.79 Å². The molecule has 2 N–H and O–H groups in total. The van der Waals surface area contributed by atoms with Gasteiger partial charge in [0, 0.05) is 30.6 Å². The number of hydrogen-bond acceptors (Lipinski definition) is 6. The SMILES string of the molecule is C=CC(=O)Nc1cccc(Oc2cnc3[nH]cc(-c4cccc(OCCOC)c4)c3n2)c1. The maximum Gasteiger partial charge on any atom is 0.247 e. The molecule has 0 bridgehead atoms. The van der Waals surface area contributed by atoms with Gasteiger partial charge in [0.25, 0.3) is 0 Å². The summed E-state index contributed by atoms with van der Waals surface area (Å²) in [5.74, 6) is 1.30. The van der Waals surface area contributed by atoms with Gasteiger partial charge < -0.3 is 24.5 Å². The fraction of sp³-hybridized carbons (Fsp3) is 0.125. The first-order valence-corrected chi connectivity index (χ1v) is 9.94. The van der Waals surface area contributed by atoms with Crippen molar-refractivity contribution in [1.29, 1.82) is 0 Å². The smallest absolute Gasteiger partial charge is 0.247 e. The third-order valence-electron chi connectivity index (χ3n) is 4.57. The molecule has 0 radical (unpaired) electrons. The van der Waals surface area contributed by atoms with Gasteiger partial charge in [-0.15, -0.1) is 0 Å². The summed E-state index contributed by atoms with van der Waals surface area (Å²) in [6.07, 6.45) is 4.61. The summed E-state index contributed by atoms with van der Waals surface area (Å²) >= 11 is 0. The molecule has 4 rings (SSSR count). The Bertz CT molecular complexity index is 1250. The van der Waals surface area contributed by atoms with E-state index < -0.39 is 0 Å². The number of anilines is 1. The molecule has 2 aromatic carbocycles. The van der Waals surface area contributed by atoms with E-state index in [1.165, 1.54) is 6.08 Å². The van der Waals surface area contributed by atoms with Crippen molar-refractivity contribution in [2.75, 3.05) is 25.6 Å². The lowest BCUT2D eigenvalue weighted by molar-refractivity contribution is -0.111. The van der Waals surface area contributed by atoms with Crippen LogP contribution in [0.5, 0.6) is 17.4 Å². The van der Waals surface area contributed by atoms with E-state index in [4.69, 9.17) is 14.2 Å². The molecule has 32 heavy (non-hydrogen) atoms. The molecule has 4 aromatic rings. The first kappa shape index (κ1) is 21.1. The van der Waals surface area contributed by atoms with Gasteiger partial charge in [-0.25, -0.2) is 9.97 Å². The predicted molar refractivity (Wildman–Crippen MR) is 122 cm³/mol. The number of fused-ring (bicyclic) bond motifs is 1. The normalized spacial score (nSPS) is 10.7. The molecule has 0 fully saturated rings. The van der Waals surface area contributed by atoms with Gasteiger partial charge in [0.2, 0.25) is 11.8 Å². The first-order valence-electron chi connectivity index (χ1n) is 9.94. The van der Waals surface area contributed by atoms with Crippen LogP contribution in [0.15, 0.2) is 73.6 Å². The predicted octanol–water partition coefficient (Wildman–Crippen LogP) is 4.57. The van der Waals surface area contributed by atoms with Crippen LogP contribution in [0.4, 0.5) is 5.69 Å². The highest BCUT2D eigenvalue weighted by atomic mass is 16.5. The number of benzene rings is 2. The third-order valence-corrected chi connectivity index (χ3v) is 4.57. The van der Waals surface area contributed by atoms with Gasteiger partial charge in [-0.05, 0) is 35.9 Å². The lowest BCUT2D eigenvalue weighted by Gasteiger charge is -2.08. The van der Waals surface area contributed by atoms with Crippen LogP contribution in [-0.4, -0.2) is 41.2 Å². The first-order chi connectivity index (χ1) is 15.7. The number of nitrogens with one attached hydrogen (secondary N) is 2. The molecule has 2 aromatic heterocycles. The van der Waals surface area contributed by atoms with Crippen molar-refractivity contribution >= 4 is 22.8 Å². The van der Waals surface area contributed by atoms with E-state index in [1.807, 2.05) is 30.5 Å². The number of H-pyrrole nitrogens is 1. The molecule has 0 atom stereocenters. The van der Waals surface area contributed by atoms with Gasteiger partial charge >= 0.3 is 0 Å². The highest BCUT2D eigenvalue weighted by Crippen LogP contribution is 2.31. The number of nitrogens with zero attached hydrogens (tertiary/aromatic N) is 2. The summed E-state index contributed by atoms with van der Waals surface area (Å²) in [4.78, 5) is 23.7.